The van der Waals surface area contributed by atoms with Crippen molar-refractivity contribution in [3.63, 3.8) is 0 Å². The Labute approximate surface area is 98.7 Å². The summed E-state index contributed by atoms with van der Waals surface area (Å²) in [5, 5.41) is 18.9. The zero-order chi connectivity index (χ0) is 12.9. The van der Waals surface area contributed by atoms with Gasteiger partial charge in [-0.2, -0.15) is 0 Å². The Morgan fingerprint density at radius 3 is 2.82 bits per heavy atom. The molecule has 0 atom stereocenters. The first-order valence-corrected chi connectivity index (χ1v) is 6.78. The molecule has 0 aromatic carbocycles. The van der Waals surface area contributed by atoms with Crippen LogP contribution in [0, 0.1) is 0 Å². The van der Waals surface area contributed by atoms with Crippen molar-refractivity contribution in [1.82, 2.24) is 15.0 Å². The van der Waals surface area contributed by atoms with E-state index in [1.54, 1.807) is 6.92 Å². The third-order valence-corrected chi connectivity index (χ3v) is 2.73. The monoisotopic (exact) mass is 262 g/mol. The molecule has 0 spiro atoms. The SMILES string of the molecule is C/C(=N\O)c1nonc1CCCNS(C)(=O)=O. The molecule has 9 heteroatoms. The molecule has 0 bridgehead atoms. The highest BCUT2D eigenvalue weighted by Crippen LogP contribution is 2.07. The lowest BCUT2D eigenvalue weighted by molar-refractivity contribution is 0.300. The lowest BCUT2D eigenvalue weighted by Crippen LogP contribution is -2.23. The maximum atomic E-state index is 10.8. The van der Waals surface area contributed by atoms with Crippen molar-refractivity contribution in [1.29, 1.82) is 0 Å². The maximum absolute atomic E-state index is 10.8. The molecule has 0 aliphatic heterocycles. The van der Waals surface area contributed by atoms with Crippen LogP contribution < -0.4 is 4.72 Å². The number of nitrogens with one attached hydrogen (secondary N) is 1. The van der Waals surface area contributed by atoms with E-state index in [4.69, 9.17) is 5.21 Å². The van der Waals surface area contributed by atoms with Crippen LogP contribution in [0.1, 0.15) is 24.7 Å². The summed E-state index contributed by atoms with van der Waals surface area (Å²) >= 11 is 0. The molecule has 1 rings (SSSR count). The summed E-state index contributed by atoms with van der Waals surface area (Å²) in [6.07, 6.45) is 2.12. The van der Waals surface area contributed by atoms with Crippen LogP contribution in [0.5, 0.6) is 0 Å². The Morgan fingerprint density at radius 1 is 1.53 bits per heavy atom. The van der Waals surface area contributed by atoms with Gasteiger partial charge in [-0.15, -0.1) is 0 Å². The number of rotatable bonds is 6. The molecular formula is C8H14N4O4S. The van der Waals surface area contributed by atoms with Crippen LogP contribution in [0.3, 0.4) is 0 Å². The number of aryl methyl sites for hydroxylation is 1. The fraction of sp³-hybridized carbons (Fsp3) is 0.625. The van der Waals surface area contributed by atoms with Gasteiger partial charge in [0, 0.05) is 6.54 Å². The number of aromatic nitrogens is 2. The predicted octanol–water partition coefficient (Wildman–Crippen LogP) is -0.250. The lowest BCUT2D eigenvalue weighted by atomic mass is 10.1. The van der Waals surface area contributed by atoms with Gasteiger partial charge >= 0.3 is 0 Å². The minimum atomic E-state index is -3.17. The van der Waals surface area contributed by atoms with Gasteiger partial charge in [0.15, 0.2) is 5.69 Å². The van der Waals surface area contributed by atoms with Crippen LogP contribution in [0.4, 0.5) is 0 Å². The Kier molecular flexibility index (Phi) is 4.58. The van der Waals surface area contributed by atoms with Gasteiger partial charge < -0.3 is 5.21 Å². The fourth-order valence-electron chi connectivity index (χ4n) is 1.21. The molecule has 0 amide bonds. The molecule has 0 aliphatic rings. The summed E-state index contributed by atoms with van der Waals surface area (Å²) < 4.78 is 28.5. The quantitative estimate of drug-likeness (QED) is 0.316. The van der Waals surface area contributed by atoms with Gasteiger partial charge in [-0.1, -0.05) is 10.3 Å². The van der Waals surface area contributed by atoms with Gasteiger partial charge in [0.1, 0.15) is 11.4 Å². The smallest absolute Gasteiger partial charge is 0.208 e. The highest BCUT2D eigenvalue weighted by molar-refractivity contribution is 7.88. The molecule has 1 aromatic heterocycles. The minimum absolute atomic E-state index is 0.303. The van der Waals surface area contributed by atoms with Gasteiger partial charge in [0.05, 0.1) is 6.26 Å². The van der Waals surface area contributed by atoms with Crippen molar-refractivity contribution in [2.45, 2.75) is 19.8 Å². The number of hydrogen-bond acceptors (Lipinski definition) is 7. The Hall–Kier alpha value is -1.48. The zero-order valence-corrected chi connectivity index (χ0v) is 10.4. The van der Waals surface area contributed by atoms with Crippen LogP contribution in [0.25, 0.3) is 0 Å². The summed E-state index contributed by atoms with van der Waals surface area (Å²) in [6, 6.07) is 0. The second kappa shape index (κ2) is 5.73. The van der Waals surface area contributed by atoms with Gasteiger partial charge in [-0.3, -0.25) is 0 Å². The molecule has 1 heterocycles. The van der Waals surface area contributed by atoms with E-state index in [1.807, 2.05) is 0 Å². The molecule has 96 valence electrons. The standard InChI is InChI=1S/C8H14N4O4S/c1-6(10-13)8-7(11-16-12-8)4-3-5-9-17(2,14)15/h9,13H,3-5H2,1-2H3/b10-6+. The first-order chi connectivity index (χ1) is 7.94. The van der Waals surface area contributed by atoms with E-state index in [9.17, 15) is 8.42 Å². The van der Waals surface area contributed by atoms with Gasteiger partial charge in [-0.25, -0.2) is 17.8 Å². The van der Waals surface area contributed by atoms with Crippen molar-refractivity contribution in [3.05, 3.63) is 11.4 Å². The van der Waals surface area contributed by atoms with Gasteiger partial charge in [-0.05, 0) is 24.9 Å². The molecule has 8 nitrogen and oxygen atoms in total. The summed E-state index contributed by atoms with van der Waals surface area (Å²) in [5.41, 5.74) is 1.22. The zero-order valence-electron chi connectivity index (χ0n) is 9.54. The van der Waals surface area contributed by atoms with Crippen LogP contribution in [-0.2, 0) is 16.4 Å². The molecule has 0 aliphatic carbocycles. The minimum Gasteiger partial charge on any atom is -0.411 e. The van der Waals surface area contributed by atoms with E-state index >= 15 is 0 Å². The topological polar surface area (TPSA) is 118 Å². The molecule has 0 fully saturated rings. The largest absolute Gasteiger partial charge is 0.411 e. The van der Waals surface area contributed by atoms with Gasteiger partial charge in [0.2, 0.25) is 10.0 Å². The van der Waals surface area contributed by atoms with Crippen molar-refractivity contribution < 1.29 is 18.3 Å². The molecule has 0 radical (unpaired) electrons. The third kappa shape index (κ3) is 4.49. The van der Waals surface area contributed by atoms with Crippen LogP contribution >= 0.6 is 0 Å². The van der Waals surface area contributed by atoms with Crippen molar-refractivity contribution in [2.24, 2.45) is 5.16 Å². The average Bonchev–Trinajstić information content (AvgIpc) is 2.70. The van der Waals surface area contributed by atoms with E-state index in [2.05, 4.69) is 24.8 Å². The molecule has 0 saturated carbocycles. The number of hydrogen-bond donors (Lipinski definition) is 2. The number of nitrogens with zero attached hydrogens (tertiary/aromatic N) is 3. The molecule has 17 heavy (non-hydrogen) atoms. The predicted molar refractivity (Wildman–Crippen MR) is 59.5 cm³/mol. The van der Waals surface area contributed by atoms with Crippen molar-refractivity contribution >= 4 is 15.7 Å². The van der Waals surface area contributed by atoms with E-state index < -0.39 is 10.0 Å². The third-order valence-electron chi connectivity index (χ3n) is 2.00. The Morgan fingerprint density at radius 2 is 2.24 bits per heavy atom. The highest BCUT2D eigenvalue weighted by atomic mass is 32.2. The van der Waals surface area contributed by atoms with E-state index in [0.29, 0.717) is 36.5 Å². The second-order valence-electron chi connectivity index (χ2n) is 3.51. The summed E-state index contributed by atoms with van der Waals surface area (Å²) in [7, 11) is -3.17. The maximum Gasteiger partial charge on any atom is 0.208 e. The van der Waals surface area contributed by atoms with Crippen LogP contribution in [0.2, 0.25) is 0 Å². The lowest BCUT2D eigenvalue weighted by Gasteiger charge is -2.00. The summed E-state index contributed by atoms with van der Waals surface area (Å²) in [6.45, 7) is 1.87. The normalized spacial score (nSPS) is 12.9. The second-order valence-corrected chi connectivity index (χ2v) is 5.35. The molecule has 0 unspecified atom stereocenters. The fourth-order valence-corrected chi connectivity index (χ4v) is 1.72. The first kappa shape index (κ1) is 13.6. The summed E-state index contributed by atoms with van der Waals surface area (Å²) in [4.78, 5) is 0. The van der Waals surface area contributed by atoms with Crippen LogP contribution in [-0.4, -0.2) is 42.5 Å². The first-order valence-electron chi connectivity index (χ1n) is 4.89. The van der Waals surface area contributed by atoms with Crippen molar-refractivity contribution in [3.8, 4) is 0 Å². The van der Waals surface area contributed by atoms with E-state index in [0.717, 1.165) is 6.26 Å². The number of oxime groups is 1. The van der Waals surface area contributed by atoms with E-state index in [1.165, 1.54) is 0 Å². The van der Waals surface area contributed by atoms with E-state index in [-0.39, 0.29) is 0 Å². The van der Waals surface area contributed by atoms with Gasteiger partial charge in [0.25, 0.3) is 0 Å². The molecular weight excluding hydrogens is 248 g/mol. The number of sulfonamides is 1. The van der Waals surface area contributed by atoms with Crippen LogP contribution in [0.15, 0.2) is 9.78 Å². The average molecular weight is 262 g/mol. The summed E-state index contributed by atoms with van der Waals surface area (Å²) in [5.74, 6) is 0. The van der Waals surface area contributed by atoms with Crippen molar-refractivity contribution in [2.75, 3.05) is 12.8 Å². The molecule has 1 aromatic rings. The Bertz CT molecular complexity index is 493. The molecule has 0 saturated heterocycles. The molecule has 2 N–H and O–H groups in total. The highest BCUT2D eigenvalue weighted by Gasteiger charge is 2.13. The Balaban J connectivity index is 2.50.